The van der Waals surface area contributed by atoms with E-state index in [9.17, 15) is 4.79 Å². The van der Waals surface area contributed by atoms with E-state index in [-0.39, 0.29) is 0 Å². The molecule has 1 aliphatic carbocycles. The van der Waals surface area contributed by atoms with Crippen molar-refractivity contribution in [2.45, 2.75) is 71.3 Å². The van der Waals surface area contributed by atoms with E-state index in [1.807, 2.05) is 0 Å². The predicted octanol–water partition coefficient (Wildman–Crippen LogP) is 6.58. The standard InChI is InChI=1S/C26H32N2OS/c1-16-10-17(2)12-19(11-16)22-14-20-15-23(30-24(20)27-22)26(3,4)25(29)28-9-5-6-18-7-8-21(28)13-18/h10-12,14-15,18,21,27H,5-9,13H2,1-4H3. The van der Waals surface area contributed by atoms with Gasteiger partial charge in [-0.25, -0.2) is 0 Å². The Hall–Kier alpha value is -2.07. The van der Waals surface area contributed by atoms with Gasteiger partial charge in [-0.2, -0.15) is 0 Å². The number of aromatic amines is 1. The van der Waals surface area contributed by atoms with Crippen LogP contribution in [0.5, 0.6) is 0 Å². The normalized spacial score (nSPS) is 21.9. The van der Waals surface area contributed by atoms with Crippen LogP contribution in [0.4, 0.5) is 0 Å². The van der Waals surface area contributed by atoms with Crippen molar-refractivity contribution in [3.05, 3.63) is 46.3 Å². The summed E-state index contributed by atoms with van der Waals surface area (Å²) >= 11 is 1.74. The average molecular weight is 421 g/mol. The molecule has 1 saturated heterocycles. The van der Waals surface area contributed by atoms with Gasteiger partial charge >= 0.3 is 0 Å². The zero-order valence-electron chi connectivity index (χ0n) is 18.5. The van der Waals surface area contributed by atoms with Gasteiger partial charge in [-0.1, -0.05) is 17.2 Å². The maximum atomic E-state index is 13.6. The highest BCUT2D eigenvalue weighted by atomic mass is 32.1. The van der Waals surface area contributed by atoms with Crippen LogP contribution in [-0.4, -0.2) is 28.4 Å². The van der Waals surface area contributed by atoms with E-state index < -0.39 is 5.41 Å². The van der Waals surface area contributed by atoms with E-state index in [4.69, 9.17) is 0 Å². The highest BCUT2D eigenvalue weighted by molar-refractivity contribution is 7.19. The van der Waals surface area contributed by atoms with Crippen LogP contribution in [0.2, 0.25) is 0 Å². The highest BCUT2D eigenvalue weighted by Gasteiger charge is 2.41. The van der Waals surface area contributed by atoms with Crippen LogP contribution in [0, 0.1) is 19.8 Å². The molecule has 1 amide bonds. The van der Waals surface area contributed by atoms with Crippen molar-refractivity contribution >= 4 is 27.5 Å². The van der Waals surface area contributed by atoms with Gasteiger partial charge in [-0.15, -0.1) is 11.3 Å². The molecule has 1 aromatic carbocycles. The van der Waals surface area contributed by atoms with E-state index in [0.29, 0.717) is 11.9 Å². The zero-order chi connectivity index (χ0) is 21.0. The van der Waals surface area contributed by atoms with E-state index in [0.717, 1.165) is 29.4 Å². The minimum Gasteiger partial charge on any atom is -0.346 e. The topological polar surface area (TPSA) is 36.1 Å². The molecule has 30 heavy (non-hydrogen) atoms. The quantitative estimate of drug-likeness (QED) is 0.510. The van der Waals surface area contributed by atoms with Gasteiger partial charge in [0.1, 0.15) is 4.83 Å². The minimum atomic E-state index is -0.479. The van der Waals surface area contributed by atoms with E-state index in [1.165, 1.54) is 52.6 Å². The zero-order valence-corrected chi connectivity index (χ0v) is 19.4. The van der Waals surface area contributed by atoms with Gasteiger partial charge in [0.15, 0.2) is 0 Å². The lowest BCUT2D eigenvalue weighted by atomic mass is 9.88. The third kappa shape index (κ3) is 3.39. The Morgan fingerprint density at radius 3 is 2.57 bits per heavy atom. The molecule has 2 fully saturated rings. The van der Waals surface area contributed by atoms with E-state index in [2.05, 4.69) is 67.9 Å². The van der Waals surface area contributed by atoms with Crippen molar-refractivity contribution in [1.82, 2.24) is 9.88 Å². The number of hydrogen-bond donors (Lipinski definition) is 1. The van der Waals surface area contributed by atoms with Crippen LogP contribution >= 0.6 is 11.3 Å². The van der Waals surface area contributed by atoms with Crippen LogP contribution in [-0.2, 0) is 10.2 Å². The fraction of sp³-hybridized carbons (Fsp3) is 0.500. The molecule has 3 nitrogen and oxygen atoms in total. The molecule has 4 heteroatoms. The Kier molecular flexibility index (Phi) is 4.81. The highest BCUT2D eigenvalue weighted by Crippen LogP contribution is 2.41. The van der Waals surface area contributed by atoms with Gasteiger partial charge in [-0.3, -0.25) is 4.79 Å². The summed E-state index contributed by atoms with van der Waals surface area (Å²) in [6, 6.07) is 11.6. The summed E-state index contributed by atoms with van der Waals surface area (Å²) in [5.41, 5.74) is 4.47. The minimum absolute atomic E-state index is 0.313. The Balaban J connectivity index is 1.43. The largest absolute Gasteiger partial charge is 0.346 e. The number of nitrogens with one attached hydrogen (secondary N) is 1. The maximum Gasteiger partial charge on any atom is 0.233 e. The molecule has 2 atom stereocenters. The molecule has 2 bridgehead atoms. The van der Waals surface area contributed by atoms with E-state index in [1.54, 1.807) is 11.3 Å². The first-order valence-electron chi connectivity index (χ1n) is 11.3. The lowest BCUT2D eigenvalue weighted by Crippen LogP contribution is -2.47. The molecule has 1 aliphatic heterocycles. The van der Waals surface area contributed by atoms with E-state index >= 15 is 0 Å². The summed E-state index contributed by atoms with van der Waals surface area (Å²) in [5, 5.41) is 1.21. The molecule has 3 aromatic rings. The average Bonchev–Trinajstić information content (AvgIpc) is 3.34. The maximum absolute atomic E-state index is 13.6. The number of aromatic nitrogens is 1. The molecular weight excluding hydrogens is 388 g/mol. The lowest BCUT2D eigenvalue weighted by Gasteiger charge is -2.35. The van der Waals surface area contributed by atoms with Crippen LogP contribution in [0.1, 0.15) is 62.0 Å². The smallest absolute Gasteiger partial charge is 0.233 e. The summed E-state index contributed by atoms with van der Waals surface area (Å²) in [5.74, 6) is 1.16. The van der Waals surface area contributed by atoms with Crippen LogP contribution in [0.25, 0.3) is 21.5 Å². The molecule has 3 heterocycles. The van der Waals surface area contributed by atoms with Crippen molar-refractivity contribution in [3.8, 4) is 11.3 Å². The van der Waals surface area contributed by atoms with Gasteiger partial charge in [0.25, 0.3) is 0 Å². The third-order valence-corrected chi connectivity index (χ3v) is 8.61. The summed E-state index contributed by atoms with van der Waals surface area (Å²) in [7, 11) is 0. The Labute approximate surface area is 183 Å². The molecule has 158 valence electrons. The number of thiophene rings is 1. The number of benzene rings is 1. The monoisotopic (exact) mass is 420 g/mol. The SMILES string of the molecule is Cc1cc(C)cc(-c2cc3cc(C(C)(C)C(=O)N4CCCC5CCC4C5)sc3[nH]2)c1. The summed E-state index contributed by atoms with van der Waals surface area (Å²) in [6.07, 6.45) is 6.17. The molecule has 2 aromatic heterocycles. The van der Waals surface area contributed by atoms with Gasteiger partial charge < -0.3 is 9.88 Å². The van der Waals surface area contributed by atoms with Gasteiger partial charge in [-0.05, 0) is 95.5 Å². The second-order valence-electron chi connectivity index (χ2n) is 10.1. The Bertz CT molecular complexity index is 1050. The van der Waals surface area contributed by atoms with Crippen molar-refractivity contribution in [1.29, 1.82) is 0 Å². The number of nitrogens with zero attached hydrogens (tertiary/aromatic N) is 1. The molecule has 0 radical (unpaired) electrons. The molecule has 1 N–H and O–H groups in total. The van der Waals surface area contributed by atoms with Crippen molar-refractivity contribution < 1.29 is 4.79 Å². The Morgan fingerprint density at radius 2 is 1.83 bits per heavy atom. The van der Waals surface area contributed by atoms with Crippen molar-refractivity contribution in [3.63, 3.8) is 0 Å². The molecule has 0 spiro atoms. The first-order valence-corrected chi connectivity index (χ1v) is 12.2. The number of likely N-dealkylation sites (tertiary alicyclic amines) is 1. The Morgan fingerprint density at radius 1 is 1.07 bits per heavy atom. The second kappa shape index (κ2) is 7.26. The van der Waals surface area contributed by atoms with Crippen LogP contribution in [0.3, 0.4) is 0 Å². The van der Waals surface area contributed by atoms with Gasteiger partial charge in [0.05, 0.1) is 5.41 Å². The number of H-pyrrole nitrogens is 1. The third-order valence-electron chi connectivity index (χ3n) is 7.22. The number of fused-ring (bicyclic) bond motifs is 3. The predicted molar refractivity (Wildman–Crippen MR) is 126 cm³/mol. The lowest BCUT2D eigenvalue weighted by molar-refractivity contribution is -0.138. The number of hydrogen-bond acceptors (Lipinski definition) is 2. The summed E-state index contributed by atoms with van der Waals surface area (Å²) in [4.78, 5) is 21.8. The van der Waals surface area contributed by atoms with Crippen LogP contribution < -0.4 is 0 Å². The fourth-order valence-corrected chi connectivity index (χ4v) is 6.72. The molecule has 5 rings (SSSR count). The molecule has 2 aliphatic rings. The van der Waals surface area contributed by atoms with Crippen molar-refractivity contribution in [2.24, 2.45) is 5.92 Å². The molecule has 2 unspecified atom stereocenters. The van der Waals surface area contributed by atoms with Gasteiger partial charge in [0.2, 0.25) is 5.91 Å². The summed E-state index contributed by atoms with van der Waals surface area (Å²) in [6.45, 7) is 9.45. The second-order valence-corrected chi connectivity index (χ2v) is 11.1. The van der Waals surface area contributed by atoms with Crippen molar-refractivity contribution in [2.75, 3.05) is 6.54 Å². The number of aryl methyl sites for hydroxylation is 2. The fourth-order valence-electron chi connectivity index (χ4n) is 5.58. The number of rotatable bonds is 3. The number of carbonyl (C=O) groups is 1. The van der Waals surface area contributed by atoms with Gasteiger partial charge in [0, 0.05) is 28.5 Å². The number of amides is 1. The first kappa shape index (κ1) is 19.9. The molecule has 1 saturated carbocycles. The van der Waals surface area contributed by atoms with Crippen LogP contribution in [0.15, 0.2) is 30.3 Å². The summed E-state index contributed by atoms with van der Waals surface area (Å²) < 4.78 is 0. The number of carbonyl (C=O) groups excluding carboxylic acids is 1. The molecular formula is C26H32N2OS. The first-order chi connectivity index (χ1) is 14.3.